The number of hydrogen-bond donors (Lipinski definition) is 0. The number of nitro benzene ring substituents is 1. The van der Waals surface area contributed by atoms with Crippen molar-refractivity contribution in [2.24, 2.45) is 0 Å². The number of aromatic nitrogens is 2. The lowest BCUT2D eigenvalue weighted by atomic mass is 10.0. The second-order valence-electron chi connectivity index (χ2n) is 7.97. The van der Waals surface area contributed by atoms with Crippen molar-refractivity contribution in [3.05, 3.63) is 89.4 Å². The third-order valence-corrected chi connectivity index (χ3v) is 6.84. The van der Waals surface area contributed by atoms with Crippen LogP contribution in [-0.2, 0) is 0 Å². The summed E-state index contributed by atoms with van der Waals surface area (Å²) in [5, 5.41) is 11.4. The standard InChI is InChI=1S/C24H19N3O4S/c1-12-8-18-20(9-13(12)2)26-23(28)22(32-24(26)25-18)11-17-5-6-21(31-17)16-7-14(3)15(4)19(10-16)27(29)30/h5-11H,1-4H3/b22-11+. The molecular weight excluding hydrogens is 426 g/mol. The maximum Gasteiger partial charge on any atom is 0.275 e. The lowest BCUT2D eigenvalue weighted by Crippen LogP contribution is -2.22. The number of imidazole rings is 1. The van der Waals surface area contributed by atoms with Gasteiger partial charge >= 0.3 is 0 Å². The zero-order chi connectivity index (χ0) is 22.7. The molecule has 0 N–H and O–H groups in total. The first-order chi connectivity index (χ1) is 15.2. The van der Waals surface area contributed by atoms with Crippen LogP contribution in [0.1, 0.15) is 28.0 Å². The van der Waals surface area contributed by atoms with Gasteiger partial charge in [0.15, 0.2) is 4.96 Å². The molecule has 3 aromatic heterocycles. The van der Waals surface area contributed by atoms with Crippen LogP contribution in [0, 0.1) is 37.8 Å². The quantitative estimate of drug-likeness (QED) is 0.292. The summed E-state index contributed by atoms with van der Waals surface area (Å²) in [6.07, 6.45) is 1.69. The monoisotopic (exact) mass is 445 g/mol. The lowest BCUT2D eigenvalue weighted by Gasteiger charge is -2.04. The molecule has 0 unspecified atom stereocenters. The van der Waals surface area contributed by atoms with E-state index in [0.717, 1.165) is 27.7 Å². The van der Waals surface area contributed by atoms with Crippen molar-refractivity contribution in [2.45, 2.75) is 27.7 Å². The largest absolute Gasteiger partial charge is 0.457 e. The lowest BCUT2D eigenvalue weighted by molar-refractivity contribution is -0.385. The molecule has 8 heteroatoms. The Bertz CT molecular complexity index is 1670. The van der Waals surface area contributed by atoms with E-state index >= 15 is 0 Å². The molecule has 0 fully saturated rings. The van der Waals surface area contributed by atoms with Gasteiger partial charge < -0.3 is 4.42 Å². The van der Waals surface area contributed by atoms with Crippen molar-refractivity contribution < 1.29 is 9.34 Å². The maximum atomic E-state index is 13.1. The van der Waals surface area contributed by atoms with Gasteiger partial charge in [-0.25, -0.2) is 9.38 Å². The Morgan fingerprint density at radius 1 is 1.06 bits per heavy atom. The summed E-state index contributed by atoms with van der Waals surface area (Å²) in [6.45, 7) is 7.60. The number of nitrogens with zero attached hydrogens (tertiary/aromatic N) is 3. The Morgan fingerprint density at radius 2 is 1.81 bits per heavy atom. The van der Waals surface area contributed by atoms with E-state index in [-0.39, 0.29) is 16.2 Å². The van der Waals surface area contributed by atoms with Crippen molar-refractivity contribution in [3.63, 3.8) is 0 Å². The summed E-state index contributed by atoms with van der Waals surface area (Å²) in [6, 6.07) is 10.9. The molecule has 160 valence electrons. The van der Waals surface area contributed by atoms with Gasteiger partial charge in [-0.3, -0.25) is 14.9 Å². The van der Waals surface area contributed by atoms with E-state index in [2.05, 4.69) is 4.98 Å². The van der Waals surface area contributed by atoms with E-state index in [4.69, 9.17) is 4.42 Å². The first-order valence-electron chi connectivity index (χ1n) is 10.0. The normalized spacial score (nSPS) is 12.3. The molecule has 0 aliphatic carbocycles. The molecule has 0 saturated carbocycles. The van der Waals surface area contributed by atoms with Gasteiger partial charge in [0.2, 0.25) is 0 Å². The number of rotatable bonds is 3. The molecule has 0 radical (unpaired) electrons. The van der Waals surface area contributed by atoms with Crippen LogP contribution >= 0.6 is 11.3 Å². The fourth-order valence-corrected chi connectivity index (χ4v) is 4.77. The van der Waals surface area contributed by atoms with Crippen molar-refractivity contribution in [1.29, 1.82) is 0 Å². The van der Waals surface area contributed by atoms with Crippen LogP contribution in [0.15, 0.2) is 45.6 Å². The zero-order valence-corrected chi connectivity index (χ0v) is 18.7. The molecule has 0 spiro atoms. The molecule has 0 bridgehead atoms. The number of thiazole rings is 1. The van der Waals surface area contributed by atoms with Crippen molar-refractivity contribution in [1.82, 2.24) is 9.38 Å². The highest BCUT2D eigenvalue weighted by Gasteiger charge is 2.17. The van der Waals surface area contributed by atoms with Crippen LogP contribution < -0.4 is 10.1 Å². The Hall–Kier alpha value is -3.78. The van der Waals surface area contributed by atoms with Crippen molar-refractivity contribution in [3.8, 4) is 11.3 Å². The number of furan rings is 1. The molecule has 32 heavy (non-hydrogen) atoms. The topological polar surface area (TPSA) is 90.7 Å². The summed E-state index contributed by atoms with van der Waals surface area (Å²) in [5.41, 5.74) is 5.83. The van der Waals surface area contributed by atoms with Gasteiger partial charge in [0, 0.05) is 23.3 Å². The van der Waals surface area contributed by atoms with E-state index in [1.165, 1.54) is 17.4 Å². The number of benzene rings is 2. The van der Waals surface area contributed by atoms with Crippen LogP contribution in [0.25, 0.3) is 33.4 Å². The van der Waals surface area contributed by atoms with Crippen LogP contribution in [-0.4, -0.2) is 14.3 Å². The van der Waals surface area contributed by atoms with E-state index in [1.54, 1.807) is 29.5 Å². The highest BCUT2D eigenvalue weighted by molar-refractivity contribution is 7.15. The second kappa shape index (κ2) is 7.13. The first-order valence-corrected chi connectivity index (χ1v) is 10.8. The number of fused-ring (bicyclic) bond motifs is 3. The van der Waals surface area contributed by atoms with Gasteiger partial charge in [-0.05, 0) is 74.7 Å². The average Bonchev–Trinajstić information content (AvgIpc) is 3.41. The minimum Gasteiger partial charge on any atom is -0.457 e. The molecule has 0 atom stereocenters. The Labute approximate surface area is 186 Å². The minimum absolute atomic E-state index is 0.0562. The van der Waals surface area contributed by atoms with Crippen molar-refractivity contribution in [2.75, 3.05) is 0 Å². The van der Waals surface area contributed by atoms with E-state index in [0.29, 0.717) is 32.1 Å². The number of hydrogen-bond acceptors (Lipinski definition) is 6. The van der Waals surface area contributed by atoms with E-state index in [1.807, 2.05) is 39.0 Å². The fourth-order valence-electron chi connectivity index (χ4n) is 3.81. The zero-order valence-electron chi connectivity index (χ0n) is 17.9. The highest BCUT2D eigenvalue weighted by atomic mass is 32.1. The Balaban J connectivity index is 1.60. The molecule has 0 aliphatic heterocycles. The summed E-state index contributed by atoms with van der Waals surface area (Å²) in [4.78, 5) is 29.3. The third kappa shape index (κ3) is 3.11. The Kier molecular flexibility index (Phi) is 4.49. The van der Waals surface area contributed by atoms with Gasteiger partial charge in [0.25, 0.3) is 11.2 Å². The summed E-state index contributed by atoms with van der Waals surface area (Å²) >= 11 is 1.31. The molecule has 2 aromatic carbocycles. The molecule has 0 saturated heterocycles. The highest BCUT2D eigenvalue weighted by Crippen LogP contribution is 2.31. The van der Waals surface area contributed by atoms with Crippen molar-refractivity contribution >= 4 is 39.1 Å². The SMILES string of the molecule is Cc1cc2nc3s/c(=C/c4ccc(-c5cc(C)c(C)c([N+](=O)[O-])c5)o4)c(=O)n3c2cc1C. The van der Waals surface area contributed by atoms with Gasteiger partial charge in [0.05, 0.1) is 16.0 Å². The molecular formula is C24H19N3O4S. The third-order valence-electron chi connectivity index (χ3n) is 5.88. The van der Waals surface area contributed by atoms with Crippen LogP contribution in [0.3, 0.4) is 0 Å². The van der Waals surface area contributed by atoms with Gasteiger partial charge in [-0.1, -0.05) is 11.3 Å². The summed E-state index contributed by atoms with van der Waals surface area (Å²) < 4.78 is 8.06. The number of aryl methyl sites for hydroxylation is 3. The molecule has 3 heterocycles. The first kappa shape index (κ1) is 20.1. The van der Waals surface area contributed by atoms with Crippen LogP contribution in [0.5, 0.6) is 0 Å². The average molecular weight is 446 g/mol. The molecule has 5 aromatic rings. The van der Waals surface area contributed by atoms with Gasteiger partial charge in [-0.15, -0.1) is 0 Å². The number of nitro groups is 1. The van der Waals surface area contributed by atoms with E-state index in [9.17, 15) is 14.9 Å². The molecule has 0 aliphatic rings. The summed E-state index contributed by atoms with van der Waals surface area (Å²) in [5.74, 6) is 1.01. The smallest absolute Gasteiger partial charge is 0.275 e. The Morgan fingerprint density at radius 3 is 2.56 bits per heavy atom. The fraction of sp³-hybridized carbons (Fsp3) is 0.167. The maximum absolute atomic E-state index is 13.1. The minimum atomic E-state index is -0.388. The molecule has 5 rings (SSSR count). The molecule has 7 nitrogen and oxygen atoms in total. The van der Waals surface area contributed by atoms with E-state index < -0.39 is 0 Å². The van der Waals surface area contributed by atoms with Gasteiger partial charge in [-0.2, -0.15) is 0 Å². The predicted octanol–water partition coefficient (Wildman–Crippen LogP) is 4.86. The predicted molar refractivity (Wildman–Crippen MR) is 125 cm³/mol. The van der Waals surface area contributed by atoms with Gasteiger partial charge in [0.1, 0.15) is 16.1 Å². The van der Waals surface area contributed by atoms with Crippen LogP contribution in [0.4, 0.5) is 5.69 Å². The molecule has 0 amide bonds. The second-order valence-corrected chi connectivity index (χ2v) is 8.98. The van der Waals surface area contributed by atoms with Crippen LogP contribution in [0.2, 0.25) is 0 Å². The summed E-state index contributed by atoms with van der Waals surface area (Å²) in [7, 11) is 0.